The van der Waals surface area contributed by atoms with E-state index in [9.17, 15) is 58.4 Å². The Morgan fingerprint density at radius 3 is 1.21 bits per heavy atom. The van der Waals surface area contributed by atoms with E-state index in [1.807, 2.05) is 13.8 Å². The lowest BCUT2D eigenvalue weighted by atomic mass is 9.96. The van der Waals surface area contributed by atoms with Crippen molar-refractivity contribution in [3.63, 3.8) is 0 Å². The largest absolute Gasteiger partial charge is 0.510 e. The van der Waals surface area contributed by atoms with Gasteiger partial charge >= 0.3 is 61.9 Å². The van der Waals surface area contributed by atoms with E-state index in [0.29, 0.717) is 12.8 Å². The molecule has 4 fully saturated rings. The number of amidine groups is 4. The summed E-state index contributed by atoms with van der Waals surface area (Å²) in [5.41, 5.74) is 50.8. The van der Waals surface area contributed by atoms with Crippen molar-refractivity contribution in [1.29, 1.82) is 0 Å². The van der Waals surface area contributed by atoms with E-state index in [0.717, 1.165) is 17.7 Å². The van der Waals surface area contributed by atoms with Crippen molar-refractivity contribution in [1.82, 2.24) is 19.6 Å². The Morgan fingerprint density at radius 2 is 0.833 bits per heavy atom. The first kappa shape index (κ1) is 115. The van der Waals surface area contributed by atoms with Gasteiger partial charge in [-0.05, 0) is 87.0 Å². The van der Waals surface area contributed by atoms with Crippen LogP contribution in [0.4, 0.5) is 22.8 Å². The molecule has 762 valence electrons. The summed E-state index contributed by atoms with van der Waals surface area (Å²) in [5, 5.41) is 24.9. The van der Waals surface area contributed by atoms with Gasteiger partial charge in [-0.15, -0.1) is 0 Å². The number of aliphatic hydroxyl groups excluding tert-OH is 1. The summed E-state index contributed by atoms with van der Waals surface area (Å²) in [6.07, 6.45) is -8.36. The molecule has 0 spiro atoms. The maximum atomic E-state index is 15.8. The van der Waals surface area contributed by atoms with Gasteiger partial charge in [0.1, 0.15) is 78.2 Å². The lowest BCUT2D eigenvalue weighted by molar-refractivity contribution is -0.183. The molecule has 0 aromatic heterocycles. The molecule has 0 aromatic rings. The molecule has 53 nitrogen and oxygen atoms in total. The molecule has 57 heteroatoms. The molecule has 8 aliphatic heterocycles. The summed E-state index contributed by atoms with van der Waals surface area (Å²) < 4.78 is 155. The smallest absolute Gasteiger partial charge is 0.462 e. The van der Waals surface area contributed by atoms with Crippen LogP contribution in [0.2, 0.25) is 0 Å². The number of halogens is 3. The van der Waals surface area contributed by atoms with Crippen molar-refractivity contribution in [3.8, 4) is 0 Å². The maximum Gasteiger partial charge on any atom is 0.510 e. The van der Waals surface area contributed by atoms with E-state index in [-0.39, 0.29) is 72.3 Å². The lowest BCUT2D eigenvalue weighted by Gasteiger charge is -2.33. The number of phosphoric ester groups is 1. The SMILES string of the molecule is C=C1N=C(N)C=CN1[C@@H]1O[C@@](COC(=O)C(C)C)(N=[N+]=[N-])[C@@H](OC(=O)C(C)C)[C@H]1OC(=O)C(C)C.C=C1N=C(N)C=CN1[C@@H]1O[C@](CN=[N+]=[N-])(COC(=O)CC)[C@@H](OC(=O)CC)[C@H]1F.C=C1N=C(N)C=CN1[C@@H]1O[C@](CN=[N+]=[N-])(COC(=O)CCCC)[C@@H](OC(=O)CCCC)[C@H]1F.C=C1N=C(N)C=CN1[C@@H]1O[C@](CN=[N+]=[N-])(COP(=O)(OCOC(=O)OC(C)C)OCOC(=O)OC(C)C)[C@@H](O)[C@H]1F. The summed E-state index contributed by atoms with van der Waals surface area (Å²) >= 11 is 0. The third-order valence-corrected chi connectivity index (χ3v) is 21.1. The molecular weight excluding hydrogens is 1860 g/mol. The van der Waals surface area contributed by atoms with Gasteiger partial charge < -0.3 is 119 Å². The van der Waals surface area contributed by atoms with Gasteiger partial charge in [0, 0.05) is 70.1 Å². The number of nitrogens with zero attached hydrogens (tertiary/aromatic N) is 20. The molecule has 0 aromatic carbocycles. The minimum Gasteiger partial charge on any atom is -0.462 e. The highest BCUT2D eigenvalue weighted by molar-refractivity contribution is 7.48. The number of hydrogen-bond acceptors (Lipinski definition) is 45. The minimum absolute atomic E-state index is 0.0165. The molecule has 0 unspecified atom stereocenters. The van der Waals surface area contributed by atoms with Crippen LogP contribution in [0.1, 0.15) is 148 Å². The van der Waals surface area contributed by atoms with E-state index in [1.54, 1.807) is 83.1 Å². The van der Waals surface area contributed by atoms with Gasteiger partial charge in [-0.25, -0.2) is 56.3 Å². The van der Waals surface area contributed by atoms with E-state index in [2.05, 4.69) is 95.9 Å². The Kier molecular flexibility index (Phi) is 45.2. The van der Waals surface area contributed by atoms with Gasteiger partial charge in [0.2, 0.25) is 19.3 Å². The lowest BCUT2D eigenvalue weighted by Crippen LogP contribution is -2.51. The molecule has 0 saturated carbocycles. The van der Waals surface area contributed by atoms with Crippen LogP contribution in [0, 0.1) is 17.8 Å². The van der Waals surface area contributed by atoms with E-state index < -0.39 is 248 Å². The summed E-state index contributed by atoms with van der Waals surface area (Å²) in [6, 6.07) is 0. The Balaban J connectivity index is 0.000000327. The first-order chi connectivity index (χ1) is 65.1. The molecule has 138 heavy (non-hydrogen) atoms. The van der Waals surface area contributed by atoms with Crippen LogP contribution in [0.5, 0.6) is 0 Å². The van der Waals surface area contributed by atoms with Crippen molar-refractivity contribution in [2.75, 3.05) is 59.6 Å². The van der Waals surface area contributed by atoms with Crippen LogP contribution in [0.15, 0.2) is 139 Å². The molecule has 4 saturated heterocycles. The maximum absolute atomic E-state index is 15.8. The number of ether oxygens (including phenoxy) is 15. The van der Waals surface area contributed by atoms with Crippen LogP contribution in [-0.4, -0.2) is 270 Å². The Labute approximate surface area is 790 Å². The average molecular weight is 1980 g/mol. The van der Waals surface area contributed by atoms with Gasteiger partial charge in [-0.1, -0.05) is 129 Å². The molecular formula is C81H118F3N24O29P. The summed E-state index contributed by atoms with van der Waals surface area (Å²) in [6.45, 7) is 31.6. The van der Waals surface area contributed by atoms with Crippen molar-refractivity contribution in [2.45, 2.75) is 257 Å². The Hall–Kier alpha value is -13.2. The number of esters is 7. The molecule has 9 N–H and O–H groups in total. The molecule has 8 heterocycles. The number of carbonyl (C=O) groups excluding carboxylic acids is 9. The number of carbonyl (C=O) groups is 9. The third-order valence-electron chi connectivity index (χ3n) is 19.8. The summed E-state index contributed by atoms with van der Waals surface area (Å²) in [4.78, 5) is 141. The second kappa shape index (κ2) is 54.1. The second-order valence-electron chi connectivity index (χ2n) is 32.1. The van der Waals surface area contributed by atoms with Crippen molar-refractivity contribution < 1.29 is 151 Å². The first-order valence-electron chi connectivity index (χ1n) is 43.0. The normalized spacial score (nSPS) is 26.1. The van der Waals surface area contributed by atoms with E-state index in [4.69, 9.17) is 115 Å². The van der Waals surface area contributed by atoms with Gasteiger partial charge in [-0.2, -0.15) is 0 Å². The Morgan fingerprint density at radius 1 is 0.464 bits per heavy atom. The molecule has 0 bridgehead atoms. The zero-order valence-electron chi connectivity index (χ0n) is 78.5. The van der Waals surface area contributed by atoms with Crippen molar-refractivity contribution in [2.24, 2.45) is 81.1 Å². The van der Waals surface area contributed by atoms with Gasteiger partial charge in [0.15, 0.2) is 79.0 Å². The van der Waals surface area contributed by atoms with E-state index >= 15 is 13.2 Å². The number of phosphoric acid groups is 1. The monoisotopic (exact) mass is 1980 g/mol. The molecule has 0 aliphatic carbocycles. The molecule has 0 radical (unpaired) electrons. The Bertz CT molecular complexity index is 4850. The predicted octanol–water partition coefficient (Wildman–Crippen LogP) is 10.2. The summed E-state index contributed by atoms with van der Waals surface area (Å²) in [7, 11) is -4.84. The predicted molar refractivity (Wildman–Crippen MR) is 477 cm³/mol. The zero-order chi connectivity index (χ0) is 103. The van der Waals surface area contributed by atoms with Crippen LogP contribution in [0.25, 0.3) is 41.8 Å². The number of nitrogens with two attached hydrogens (primary N) is 4. The standard InChI is InChI=1S/C22H32N6O7.C21H32FN6O12P.C21H31FN6O5.C17H23FN6O5/c1-11(2)19(29)32-10-22(26-27-24)17(34-21(31)13(5)6)16(33-20(30)12(3)4)18(35-22)28-9-8-15(23)25-14(28)7;1-12(2)38-19(30)33-10-36-41(32,37-11-34-20(31)39-13(3)4)35-9-21(8-25-27-24)17(29)16(22)18(40-21)28-7-6-15(23)26-14(28)5;1-4-6-8-16(29)31-13-21(12-25-27-24)19(32-17(30)9-7-5-2)18(22)20(33-21)28-11-10-15(23)26-14(28)3;1-4-12(25)27-9-17(8-21-23-20)15(28-13(26)5-2)14(18)16(29-17)24-7-6-11(19)22-10(24)3/h8-9,11-13,16-18H,7,10H2,1-6H3,(H2,23,25);6-7,12-13,16-18,29H,5,8-11H2,1-4H3,(H2,23,26);10-11,18-20H,3-9,12-13H2,1-2H3,(H2,23,26);6-7,14-16H,3-5,8-9H2,1-2H3,(H2,19,22)/t16-,17+,18-,22-;16-,17+,18-,21-;18-,19+,20-,21-;14-,15+,16-,17-/m1111/s1. The molecule has 0 amide bonds. The topological polar surface area (TPSA) is 719 Å². The van der Waals surface area contributed by atoms with Gasteiger partial charge in [0.25, 0.3) is 0 Å². The molecule has 16 atom stereocenters. The average Bonchev–Trinajstić information content (AvgIpc) is 1.97. The number of hydrogen-bond donors (Lipinski definition) is 5. The number of aliphatic imine (C=N–C) groups is 4. The molecule has 8 rings (SSSR count). The first-order valence-corrected chi connectivity index (χ1v) is 44.4. The zero-order valence-corrected chi connectivity index (χ0v) is 79.4. The van der Waals surface area contributed by atoms with Crippen molar-refractivity contribution >= 4 is 85.3 Å². The van der Waals surface area contributed by atoms with Gasteiger partial charge in [0.05, 0.1) is 56.2 Å². The highest BCUT2D eigenvalue weighted by atomic mass is 31.2. The van der Waals surface area contributed by atoms with Crippen LogP contribution in [-0.2, 0) is 123 Å². The fourth-order valence-corrected chi connectivity index (χ4v) is 13.7. The van der Waals surface area contributed by atoms with E-state index in [1.165, 1.54) is 63.8 Å². The fourth-order valence-electron chi connectivity index (χ4n) is 12.7. The number of azide groups is 4. The third kappa shape index (κ3) is 32.5. The fraction of sp³-hybridized carbons (Fsp3) is 0.642. The number of rotatable bonds is 43. The number of alkyl halides is 3. The highest BCUT2D eigenvalue weighted by Crippen LogP contribution is 2.52. The van der Waals surface area contributed by atoms with Crippen LogP contribution >= 0.6 is 7.82 Å². The number of aliphatic hydroxyl groups is 1. The quantitative estimate of drug-likeness (QED) is 0.00720. The van der Waals surface area contributed by atoms with Crippen LogP contribution < -0.4 is 22.9 Å². The van der Waals surface area contributed by atoms with Crippen LogP contribution in [0.3, 0.4) is 0 Å². The molecule has 8 aliphatic rings. The van der Waals surface area contributed by atoms with Crippen molar-refractivity contribution in [3.05, 3.63) is 140 Å². The van der Waals surface area contributed by atoms with Gasteiger partial charge in [-0.3, -0.25) is 38.1 Å². The summed E-state index contributed by atoms with van der Waals surface area (Å²) in [5.74, 6) is -5.02. The minimum atomic E-state index is -4.84. The highest BCUT2D eigenvalue weighted by Gasteiger charge is 2.65. The number of unbranched alkanes of at least 4 members (excludes halogenated alkanes) is 2. The second-order valence-corrected chi connectivity index (χ2v) is 33.8.